The molecular formula is C17H16S. The molecule has 0 saturated carbocycles. The lowest BCUT2D eigenvalue weighted by molar-refractivity contribution is 0.400. The summed E-state index contributed by atoms with van der Waals surface area (Å²) in [5, 5.41) is 0.444. The first kappa shape index (κ1) is 10.7. The van der Waals surface area contributed by atoms with Gasteiger partial charge in [-0.3, -0.25) is 0 Å². The fourth-order valence-corrected chi connectivity index (χ4v) is 4.42. The highest BCUT2D eigenvalue weighted by atomic mass is 32.1. The molecular weight excluding hydrogens is 236 g/mol. The predicted octanol–water partition coefficient (Wildman–Crippen LogP) is 4.21. The minimum absolute atomic E-state index is 0.444. The number of rotatable bonds is 0. The van der Waals surface area contributed by atoms with Gasteiger partial charge in [-0.1, -0.05) is 55.5 Å². The molecule has 0 aromatic heterocycles. The maximum atomic E-state index is 4.91. The first-order valence-corrected chi connectivity index (χ1v) is 7.16. The fraction of sp³-hybridized carbons (Fsp3) is 0.294. The zero-order valence-corrected chi connectivity index (χ0v) is 11.3. The maximum Gasteiger partial charge on any atom is 0.0215 e. The van der Waals surface area contributed by atoms with Crippen LogP contribution in [-0.2, 0) is 0 Å². The van der Waals surface area contributed by atoms with Crippen molar-refractivity contribution in [2.24, 2.45) is 5.92 Å². The first-order chi connectivity index (χ1) is 8.79. The Balaban J connectivity index is 2.06. The normalized spacial score (nSPS) is 31.9. The van der Waals surface area contributed by atoms with Crippen molar-refractivity contribution >= 4 is 12.6 Å². The van der Waals surface area contributed by atoms with Crippen molar-refractivity contribution < 1.29 is 0 Å². The molecule has 0 unspecified atom stereocenters. The lowest BCUT2D eigenvalue weighted by atomic mass is 9.59. The molecule has 2 atom stereocenters. The van der Waals surface area contributed by atoms with Gasteiger partial charge in [0, 0.05) is 17.1 Å². The zero-order valence-electron chi connectivity index (χ0n) is 10.4. The first-order valence-electron chi connectivity index (χ1n) is 6.64. The Kier molecular flexibility index (Phi) is 2.16. The minimum Gasteiger partial charge on any atom is -0.175 e. The molecule has 3 aliphatic carbocycles. The van der Waals surface area contributed by atoms with Crippen LogP contribution in [-0.4, -0.2) is 5.25 Å². The van der Waals surface area contributed by atoms with Gasteiger partial charge in [0.25, 0.3) is 0 Å². The molecule has 2 aromatic rings. The minimum atomic E-state index is 0.444. The monoisotopic (exact) mass is 252 g/mol. The molecule has 0 nitrogen and oxygen atoms in total. The van der Waals surface area contributed by atoms with E-state index in [0.29, 0.717) is 23.0 Å². The highest BCUT2D eigenvalue weighted by Crippen LogP contribution is 2.56. The van der Waals surface area contributed by atoms with Gasteiger partial charge < -0.3 is 0 Å². The zero-order chi connectivity index (χ0) is 12.3. The Morgan fingerprint density at radius 2 is 1.11 bits per heavy atom. The van der Waals surface area contributed by atoms with Crippen molar-refractivity contribution in [2.75, 3.05) is 0 Å². The summed E-state index contributed by atoms with van der Waals surface area (Å²) in [4.78, 5) is 0. The predicted molar refractivity (Wildman–Crippen MR) is 78.5 cm³/mol. The largest absolute Gasteiger partial charge is 0.175 e. The van der Waals surface area contributed by atoms with E-state index in [1.807, 2.05) is 0 Å². The van der Waals surface area contributed by atoms with Crippen LogP contribution in [0, 0.1) is 5.92 Å². The maximum absolute atomic E-state index is 4.91. The molecule has 0 aliphatic heterocycles. The third-order valence-corrected chi connectivity index (χ3v) is 5.51. The lowest BCUT2D eigenvalue weighted by Crippen LogP contribution is -2.39. The smallest absolute Gasteiger partial charge is 0.0215 e. The molecule has 2 bridgehead atoms. The number of hydrogen-bond donors (Lipinski definition) is 1. The summed E-state index contributed by atoms with van der Waals surface area (Å²) in [5.74, 6) is 1.62. The molecule has 90 valence electrons. The summed E-state index contributed by atoms with van der Waals surface area (Å²) in [6.45, 7) is 2.35. The van der Waals surface area contributed by atoms with Gasteiger partial charge in [-0.2, -0.15) is 12.6 Å². The quantitative estimate of drug-likeness (QED) is 0.667. The van der Waals surface area contributed by atoms with Crippen LogP contribution in [0.25, 0.3) is 0 Å². The second-order valence-corrected chi connectivity index (χ2v) is 6.16. The van der Waals surface area contributed by atoms with Crippen LogP contribution in [0.4, 0.5) is 0 Å². The summed E-state index contributed by atoms with van der Waals surface area (Å²) in [7, 11) is 0. The van der Waals surface area contributed by atoms with E-state index in [4.69, 9.17) is 12.6 Å². The third-order valence-electron chi connectivity index (χ3n) is 4.74. The van der Waals surface area contributed by atoms with E-state index >= 15 is 0 Å². The van der Waals surface area contributed by atoms with Gasteiger partial charge in [0.05, 0.1) is 0 Å². The van der Waals surface area contributed by atoms with Crippen LogP contribution < -0.4 is 0 Å². The van der Waals surface area contributed by atoms with E-state index in [0.717, 1.165) is 0 Å². The lowest BCUT2D eigenvalue weighted by Gasteiger charge is -2.48. The molecule has 0 saturated heterocycles. The average Bonchev–Trinajstić information content (AvgIpc) is 2.42. The van der Waals surface area contributed by atoms with Gasteiger partial charge >= 0.3 is 0 Å². The van der Waals surface area contributed by atoms with E-state index in [-0.39, 0.29) is 0 Å². The summed E-state index contributed by atoms with van der Waals surface area (Å²) >= 11 is 4.91. The van der Waals surface area contributed by atoms with Crippen LogP contribution >= 0.6 is 12.6 Å². The molecule has 1 heteroatoms. The van der Waals surface area contributed by atoms with Crippen LogP contribution in [0.5, 0.6) is 0 Å². The van der Waals surface area contributed by atoms with Crippen LogP contribution in [0.15, 0.2) is 48.5 Å². The molecule has 3 aliphatic rings. The van der Waals surface area contributed by atoms with E-state index in [1.54, 1.807) is 0 Å². The van der Waals surface area contributed by atoms with E-state index in [1.165, 1.54) is 22.3 Å². The van der Waals surface area contributed by atoms with Gasteiger partial charge in [0.2, 0.25) is 0 Å². The Bertz CT molecular complexity index is 515. The second-order valence-electron chi connectivity index (χ2n) is 5.56. The Hall–Kier alpha value is -1.21. The average molecular weight is 252 g/mol. The van der Waals surface area contributed by atoms with Crippen molar-refractivity contribution in [3.8, 4) is 0 Å². The molecule has 0 spiro atoms. The molecule has 0 radical (unpaired) electrons. The van der Waals surface area contributed by atoms with Gasteiger partial charge in [-0.05, 0) is 28.2 Å². The summed E-state index contributed by atoms with van der Waals surface area (Å²) in [5.41, 5.74) is 6.05. The summed E-state index contributed by atoms with van der Waals surface area (Å²) in [6, 6.07) is 17.8. The van der Waals surface area contributed by atoms with E-state index < -0.39 is 0 Å². The standard InChI is InChI=1S/C17H16S/c1-10-15-11-6-2-4-8-13(11)16(17(10)18)14-9-5-3-7-12(14)15/h2-10,15-18H,1H3/t10-,15?,16?,17-/m0/s1. The second kappa shape index (κ2) is 3.64. The van der Waals surface area contributed by atoms with Gasteiger partial charge in [-0.25, -0.2) is 0 Å². The summed E-state index contributed by atoms with van der Waals surface area (Å²) < 4.78 is 0. The number of benzene rings is 2. The van der Waals surface area contributed by atoms with Crippen molar-refractivity contribution in [2.45, 2.75) is 24.0 Å². The summed E-state index contributed by atoms with van der Waals surface area (Å²) in [6.07, 6.45) is 0. The van der Waals surface area contributed by atoms with Crippen molar-refractivity contribution in [1.82, 2.24) is 0 Å². The van der Waals surface area contributed by atoms with Crippen LogP contribution in [0.1, 0.15) is 41.0 Å². The number of fused-ring (bicyclic) bond motifs is 1. The van der Waals surface area contributed by atoms with Gasteiger partial charge in [-0.15, -0.1) is 0 Å². The Labute approximate surface area is 113 Å². The van der Waals surface area contributed by atoms with E-state index in [9.17, 15) is 0 Å². The highest BCUT2D eigenvalue weighted by molar-refractivity contribution is 7.81. The SMILES string of the molecule is C[C@H]1C2c3ccccc3C(c3ccccc32)[C@H]1S. The molecule has 0 N–H and O–H groups in total. The number of thiol groups is 1. The van der Waals surface area contributed by atoms with Crippen LogP contribution in [0.2, 0.25) is 0 Å². The van der Waals surface area contributed by atoms with Crippen LogP contribution in [0.3, 0.4) is 0 Å². The molecule has 0 fully saturated rings. The molecule has 5 rings (SSSR count). The molecule has 0 heterocycles. The Morgan fingerprint density at radius 3 is 1.56 bits per heavy atom. The van der Waals surface area contributed by atoms with Gasteiger partial charge in [0.1, 0.15) is 0 Å². The van der Waals surface area contributed by atoms with Crippen molar-refractivity contribution in [1.29, 1.82) is 0 Å². The highest BCUT2D eigenvalue weighted by Gasteiger charge is 2.46. The topological polar surface area (TPSA) is 0 Å². The molecule has 2 aromatic carbocycles. The molecule has 18 heavy (non-hydrogen) atoms. The molecule has 0 amide bonds. The third kappa shape index (κ3) is 1.18. The van der Waals surface area contributed by atoms with Crippen molar-refractivity contribution in [3.63, 3.8) is 0 Å². The fourth-order valence-electron chi connectivity index (χ4n) is 3.92. The van der Waals surface area contributed by atoms with E-state index in [2.05, 4.69) is 55.5 Å². The van der Waals surface area contributed by atoms with Crippen molar-refractivity contribution in [3.05, 3.63) is 70.8 Å². The Morgan fingerprint density at radius 1 is 0.722 bits per heavy atom. The number of hydrogen-bond acceptors (Lipinski definition) is 1. The van der Waals surface area contributed by atoms with Gasteiger partial charge in [0.15, 0.2) is 0 Å².